The van der Waals surface area contributed by atoms with Crippen LogP contribution in [0.1, 0.15) is 71.4 Å². The third kappa shape index (κ3) is 7.58. The molecule has 0 aliphatic carbocycles. The molecule has 3 aromatic carbocycles. The van der Waals surface area contributed by atoms with Crippen molar-refractivity contribution >= 4 is 11.9 Å². The molecule has 4 heteroatoms. The van der Waals surface area contributed by atoms with Crippen molar-refractivity contribution in [3.8, 4) is 0 Å². The number of ether oxygens (including phenoxy) is 2. The van der Waals surface area contributed by atoms with E-state index < -0.39 is 11.9 Å². The fourth-order valence-electron chi connectivity index (χ4n) is 4.07. The van der Waals surface area contributed by atoms with Crippen molar-refractivity contribution in [2.24, 2.45) is 0 Å². The monoisotopic (exact) mass is 458 g/mol. The number of carbonyl (C=O) groups is 2. The largest absolute Gasteiger partial charge is 0.458 e. The fraction of sp³-hybridized carbons (Fsp3) is 0.333. The van der Waals surface area contributed by atoms with Gasteiger partial charge in [-0.15, -0.1) is 0 Å². The summed E-state index contributed by atoms with van der Waals surface area (Å²) >= 11 is 0. The Balaban J connectivity index is 1.72. The van der Waals surface area contributed by atoms with Crippen LogP contribution < -0.4 is 0 Å². The van der Waals surface area contributed by atoms with Crippen molar-refractivity contribution in [2.45, 2.75) is 64.6 Å². The number of hydrogen-bond donors (Lipinski definition) is 0. The van der Waals surface area contributed by atoms with Gasteiger partial charge in [-0.1, -0.05) is 99.5 Å². The second kappa shape index (κ2) is 13.3. The molecule has 2 atom stereocenters. The van der Waals surface area contributed by atoms with Gasteiger partial charge in [0, 0.05) is 12.8 Å². The highest BCUT2D eigenvalue weighted by atomic mass is 16.5. The average Bonchev–Trinajstić information content (AvgIpc) is 2.85. The Morgan fingerprint density at radius 1 is 0.588 bits per heavy atom. The van der Waals surface area contributed by atoms with E-state index in [1.54, 1.807) is 24.3 Å². The molecule has 0 fully saturated rings. The van der Waals surface area contributed by atoms with E-state index >= 15 is 0 Å². The van der Waals surface area contributed by atoms with Crippen LogP contribution in [-0.2, 0) is 22.3 Å². The summed E-state index contributed by atoms with van der Waals surface area (Å²) in [5.74, 6) is -0.978. The highest BCUT2D eigenvalue weighted by Gasteiger charge is 2.24. The zero-order valence-electron chi connectivity index (χ0n) is 20.1. The molecule has 0 aliphatic rings. The minimum atomic E-state index is -0.489. The van der Waals surface area contributed by atoms with Gasteiger partial charge in [0.2, 0.25) is 0 Å². The summed E-state index contributed by atoms with van der Waals surface area (Å²) in [6.07, 6.45) is 4.07. The van der Waals surface area contributed by atoms with Gasteiger partial charge in [0.1, 0.15) is 12.2 Å². The third-order valence-corrected chi connectivity index (χ3v) is 5.75. The summed E-state index contributed by atoms with van der Waals surface area (Å²) in [6, 6.07) is 26.7. The molecular formula is C30H34O4. The van der Waals surface area contributed by atoms with Crippen molar-refractivity contribution in [3.63, 3.8) is 0 Å². The maximum atomic E-state index is 13.1. The van der Waals surface area contributed by atoms with Crippen molar-refractivity contribution < 1.29 is 19.1 Å². The smallest absolute Gasteiger partial charge is 0.339 e. The minimum absolute atomic E-state index is 0.247. The van der Waals surface area contributed by atoms with Crippen LogP contribution in [0, 0.1) is 0 Å². The summed E-state index contributed by atoms with van der Waals surface area (Å²) in [4.78, 5) is 26.2. The van der Waals surface area contributed by atoms with Gasteiger partial charge in [-0.2, -0.15) is 0 Å². The molecule has 34 heavy (non-hydrogen) atoms. The summed E-state index contributed by atoms with van der Waals surface area (Å²) in [5, 5.41) is 0. The second-order valence-corrected chi connectivity index (χ2v) is 8.56. The normalized spacial score (nSPS) is 12.5. The molecule has 0 amide bonds. The molecule has 0 radical (unpaired) electrons. The Labute approximate surface area is 202 Å². The molecule has 0 heterocycles. The van der Waals surface area contributed by atoms with Crippen molar-refractivity contribution in [1.29, 1.82) is 0 Å². The molecule has 0 aliphatic heterocycles. The van der Waals surface area contributed by atoms with Crippen LogP contribution in [0.25, 0.3) is 0 Å². The van der Waals surface area contributed by atoms with Gasteiger partial charge in [0.15, 0.2) is 0 Å². The van der Waals surface area contributed by atoms with E-state index in [-0.39, 0.29) is 23.3 Å². The Morgan fingerprint density at radius 2 is 0.941 bits per heavy atom. The Morgan fingerprint density at radius 3 is 1.29 bits per heavy atom. The van der Waals surface area contributed by atoms with Crippen LogP contribution in [0.5, 0.6) is 0 Å². The summed E-state index contributed by atoms with van der Waals surface area (Å²) in [5.41, 5.74) is 2.72. The van der Waals surface area contributed by atoms with Gasteiger partial charge in [0.25, 0.3) is 0 Å². The highest BCUT2D eigenvalue weighted by molar-refractivity contribution is 6.03. The maximum Gasteiger partial charge on any atom is 0.339 e. The summed E-state index contributed by atoms with van der Waals surface area (Å²) in [6.45, 7) is 4.13. The van der Waals surface area contributed by atoms with Gasteiger partial charge in [-0.05, 0) is 36.1 Å². The first-order chi connectivity index (χ1) is 16.6. The lowest BCUT2D eigenvalue weighted by molar-refractivity contribution is 0.0232. The zero-order chi connectivity index (χ0) is 24.2. The van der Waals surface area contributed by atoms with E-state index in [0.717, 1.165) is 36.8 Å². The lowest BCUT2D eigenvalue weighted by atomic mass is 10.0. The molecule has 0 aromatic heterocycles. The Kier molecular flexibility index (Phi) is 9.90. The first-order valence-corrected chi connectivity index (χ1v) is 12.2. The van der Waals surface area contributed by atoms with Crippen LogP contribution in [0.3, 0.4) is 0 Å². The van der Waals surface area contributed by atoms with Crippen LogP contribution in [0.4, 0.5) is 0 Å². The van der Waals surface area contributed by atoms with Crippen LogP contribution in [0.15, 0.2) is 84.9 Å². The molecule has 3 rings (SSSR count). The number of carbonyl (C=O) groups excluding carboxylic acids is 2. The van der Waals surface area contributed by atoms with Gasteiger partial charge >= 0.3 is 11.9 Å². The maximum absolute atomic E-state index is 13.1. The molecule has 178 valence electrons. The number of hydrogen-bond acceptors (Lipinski definition) is 4. The van der Waals surface area contributed by atoms with Crippen LogP contribution in [-0.4, -0.2) is 24.1 Å². The van der Waals surface area contributed by atoms with Crippen molar-refractivity contribution in [1.82, 2.24) is 0 Å². The molecule has 0 saturated carbocycles. The molecule has 0 saturated heterocycles. The lowest BCUT2D eigenvalue weighted by Crippen LogP contribution is -2.25. The van der Waals surface area contributed by atoms with E-state index in [0.29, 0.717) is 12.8 Å². The molecular weight excluding hydrogens is 424 g/mol. The fourth-order valence-corrected chi connectivity index (χ4v) is 4.07. The molecule has 2 unspecified atom stereocenters. The Bertz CT molecular complexity index is 945. The van der Waals surface area contributed by atoms with Gasteiger partial charge < -0.3 is 9.47 Å². The van der Waals surface area contributed by atoms with E-state index in [9.17, 15) is 9.59 Å². The van der Waals surface area contributed by atoms with Gasteiger partial charge in [0.05, 0.1) is 11.1 Å². The lowest BCUT2D eigenvalue weighted by Gasteiger charge is -2.20. The summed E-state index contributed by atoms with van der Waals surface area (Å²) < 4.78 is 11.7. The summed E-state index contributed by atoms with van der Waals surface area (Å²) in [7, 11) is 0. The first kappa shape index (κ1) is 25.2. The molecule has 0 bridgehead atoms. The SMILES string of the molecule is CCCC(Cc1ccccc1)OC(=O)c1ccccc1C(=O)OC(CCC)Cc1ccccc1. The molecule has 0 N–H and O–H groups in total. The van der Waals surface area contributed by atoms with Crippen LogP contribution >= 0.6 is 0 Å². The predicted molar refractivity (Wildman–Crippen MR) is 135 cm³/mol. The number of esters is 2. The zero-order valence-corrected chi connectivity index (χ0v) is 20.1. The van der Waals surface area contributed by atoms with E-state index in [4.69, 9.17) is 9.47 Å². The van der Waals surface area contributed by atoms with Gasteiger partial charge in [-0.3, -0.25) is 0 Å². The minimum Gasteiger partial charge on any atom is -0.458 e. The number of benzene rings is 3. The van der Waals surface area contributed by atoms with E-state index in [1.165, 1.54) is 0 Å². The second-order valence-electron chi connectivity index (χ2n) is 8.56. The predicted octanol–water partition coefficient (Wildman–Crippen LogP) is 6.82. The Hall–Kier alpha value is -3.40. The first-order valence-electron chi connectivity index (χ1n) is 12.2. The molecule has 4 nitrogen and oxygen atoms in total. The van der Waals surface area contributed by atoms with Crippen molar-refractivity contribution in [3.05, 3.63) is 107 Å². The van der Waals surface area contributed by atoms with Gasteiger partial charge in [-0.25, -0.2) is 9.59 Å². The van der Waals surface area contributed by atoms with Crippen LogP contribution in [0.2, 0.25) is 0 Å². The number of rotatable bonds is 12. The third-order valence-electron chi connectivity index (χ3n) is 5.75. The van der Waals surface area contributed by atoms with E-state index in [1.807, 2.05) is 60.7 Å². The standard InChI is InChI=1S/C30H34O4/c1-3-13-25(21-23-15-7-5-8-16-23)33-29(31)27-19-11-12-20-28(27)30(32)34-26(14-4-2)22-24-17-9-6-10-18-24/h5-12,15-20,25-26H,3-4,13-14,21-22H2,1-2H3. The topological polar surface area (TPSA) is 52.6 Å². The average molecular weight is 459 g/mol. The van der Waals surface area contributed by atoms with E-state index in [2.05, 4.69) is 13.8 Å². The van der Waals surface area contributed by atoms with Crippen molar-refractivity contribution in [2.75, 3.05) is 0 Å². The quantitative estimate of drug-likeness (QED) is 0.279. The highest BCUT2D eigenvalue weighted by Crippen LogP contribution is 2.19. The molecule has 0 spiro atoms. The molecule has 3 aromatic rings.